The maximum Gasteiger partial charge on any atom is 0.295 e. The number of hydrogen-bond donors (Lipinski definition) is 3. The van der Waals surface area contributed by atoms with E-state index in [0.29, 0.717) is 18.9 Å². The van der Waals surface area contributed by atoms with Crippen LogP contribution in [-0.2, 0) is 0 Å². The second-order valence-electron chi connectivity index (χ2n) is 5.61. The van der Waals surface area contributed by atoms with E-state index in [0.717, 1.165) is 25.3 Å². The van der Waals surface area contributed by atoms with Gasteiger partial charge in [-0.05, 0) is 18.9 Å². The van der Waals surface area contributed by atoms with Gasteiger partial charge >= 0.3 is 0 Å². The average molecular weight is 311 g/mol. The molecule has 1 saturated carbocycles. The summed E-state index contributed by atoms with van der Waals surface area (Å²) in [5.74, 6) is -1.65. The highest BCUT2D eigenvalue weighted by Crippen LogP contribution is 2.29. The zero-order valence-corrected chi connectivity index (χ0v) is 12.0. The Morgan fingerprint density at radius 2 is 2.05 bits per heavy atom. The molecule has 0 heterocycles. The van der Waals surface area contributed by atoms with Crippen molar-refractivity contribution in [3.05, 3.63) is 33.6 Å². The number of halogens is 1. The summed E-state index contributed by atoms with van der Waals surface area (Å²) in [5.41, 5.74) is 3.24. The van der Waals surface area contributed by atoms with Crippen LogP contribution in [0.1, 0.15) is 42.5 Å². The number of anilines is 1. The highest BCUT2D eigenvalue weighted by molar-refractivity contribution is 6.01. The molecule has 0 atom stereocenters. The number of nitrogens with two attached hydrogens (primary N) is 1. The summed E-state index contributed by atoms with van der Waals surface area (Å²) < 4.78 is 13.4. The molecule has 0 unspecified atom stereocenters. The molecule has 4 N–H and O–H groups in total. The Morgan fingerprint density at radius 3 is 2.64 bits per heavy atom. The van der Waals surface area contributed by atoms with Crippen LogP contribution in [0, 0.1) is 15.9 Å². The van der Waals surface area contributed by atoms with E-state index in [1.807, 2.05) is 0 Å². The molecule has 0 aromatic heterocycles. The lowest BCUT2D eigenvalue weighted by atomic mass is 9.85. The van der Waals surface area contributed by atoms with Crippen molar-refractivity contribution in [3.63, 3.8) is 0 Å². The van der Waals surface area contributed by atoms with Crippen LogP contribution >= 0.6 is 0 Å². The summed E-state index contributed by atoms with van der Waals surface area (Å²) >= 11 is 0. The first kappa shape index (κ1) is 16.2. The van der Waals surface area contributed by atoms with Crippen LogP contribution in [-0.4, -0.2) is 28.1 Å². The first-order valence-corrected chi connectivity index (χ1v) is 7.06. The number of carbonyl (C=O) groups is 1. The van der Waals surface area contributed by atoms with Crippen molar-refractivity contribution in [2.45, 2.75) is 37.7 Å². The fraction of sp³-hybridized carbons (Fsp3) is 0.500. The van der Waals surface area contributed by atoms with Gasteiger partial charge in [-0.15, -0.1) is 0 Å². The Labute approximate surface area is 126 Å². The van der Waals surface area contributed by atoms with Crippen LogP contribution in [0.4, 0.5) is 15.8 Å². The van der Waals surface area contributed by atoms with Crippen molar-refractivity contribution in [1.29, 1.82) is 0 Å². The number of nitro benzene ring substituents is 1. The monoisotopic (exact) mass is 311 g/mol. The summed E-state index contributed by atoms with van der Waals surface area (Å²) in [6, 6.07) is 1.52. The number of aliphatic hydroxyl groups is 1. The van der Waals surface area contributed by atoms with E-state index in [-0.39, 0.29) is 17.8 Å². The molecular formula is C14H18FN3O4. The third-order valence-electron chi connectivity index (χ3n) is 3.93. The lowest BCUT2D eigenvalue weighted by Gasteiger charge is -2.32. The molecule has 2 rings (SSSR count). The molecule has 1 aliphatic rings. The molecule has 1 aromatic carbocycles. The van der Waals surface area contributed by atoms with Crippen LogP contribution in [0.2, 0.25) is 0 Å². The van der Waals surface area contributed by atoms with Crippen molar-refractivity contribution < 1.29 is 19.2 Å². The largest absolute Gasteiger partial charge is 0.393 e. The molecule has 1 aromatic rings. The highest BCUT2D eigenvalue weighted by Gasteiger charge is 2.30. The Kier molecular flexibility index (Phi) is 4.60. The van der Waals surface area contributed by atoms with Gasteiger partial charge in [-0.25, -0.2) is 4.39 Å². The predicted octanol–water partition coefficient (Wildman–Crippen LogP) is 1.74. The zero-order chi connectivity index (χ0) is 16.3. The normalized spacial score (nSPS) is 17.0. The van der Waals surface area contributed by atoms with Crippen molar-refractivity contribution in [1.82, 2.24) is 5.32 Å². The smallest absolute Gasteiger partial charge is 0.295 e. The minimum Gasteiger partial charge on any atom is -0.393 e. The maximum absolute atomic E-state index is 13.4. The molecule has 22 heavy (non-hydrogen) atoms. The van der Waals surface area contributed by atoms with Crippen molar-refractivity contribution in [2.75, 3.05) is 12.3 Å². The predicted molar refractivity (Wildman–Crippen MR) is 77.8 cm³/mol. The van der Waals surface area contributed by atoms with Gasteiger partial charge in [0, 0.05) is 6.54 Å². The number of hydrogen-bond acceptors (Lipinski definition) is 5. The van der Waals surface area contributed by atoms with Crippen LogP contribution in [0.3, 0.4) is 0 Å². The van der Waals surface area contributed by atoms with Crippen LogP contribution in [0.25, 0.3) is 0 Å². The van der Waals surface area contributed by atoms with E-state index in [4.69, 9.17) is 5.73 Å². The van der Waals surface area contributed by atoms with Crippen molar-refractivity contribution in [3.8, 4) is 0 Å². The molecule has 0 aliphatic heterocycles. The molecule has 8 heteroatoms. The summed E-state index contributed by atoms with van der Waals surface area (Å²) in [6.07, 6.45) is 3.94. The molecule has 7 nitrogen and oxygen atoms in total. The molecule has 1 aliphatic carbocycles. The van der Waals surface area contributed by atoms with E-state index in [1.54, 1.807) is 0 Å². The van der Waals surface area contributed by atoms with Gasteiger partial charge in [0.1, 0.15) is 11.5 Å². The maximum atomic E-state index is 13.4. The number of amides is 1. The topological polar surface area (TPSA) is 118 Å². The number of rotatable bonds is 4. The van der Waals surface area contributed by atoms with Gasteiger partial charge in [0.15, 0.2) is 0 Å². The van der Waals surface area contributed by atoms with Gasteiger partial charge < -0.3 is 16.2 Å². The molecular weight excluding hydrogens is 293 g/mol. The third-order valence-corrected chi connectivity index (χ3v) is 3.93. The number of nitro groups is 1. The Hall–Kier alpha value is -2.22. The molecule has 1 fully saturated rings. The summed E-state index contributed by atoms with van der Waals surface area (Å²) in [4.78, 5) is 22.0. The van der Waals surface area contributed by atoms with Crippen LogP contribution in [0.15, 0.2) is 12.1 Å². The lowest BCUT2D eigenvalue weighted by molar-refractivity contribution is -0.384. The van der Waals surface area contributed by atoms with Crippen molar-refractivity contribution in [2.24, 2.45) is 0 Å². The highest BCUT2D eigenvalue weighted by atomic mass is 19.1. The van der Waals surface area contributed by atoms with Crippen molar-refractivity contribution >= 4 is 17.3 Å². The Morgan fingerprint density at radius 1 is 1.41 bits per heavy atom. The standard InChI is InChI=1S/C14H18FN3O4/c15-9-6-10(12(16)11(7-9)18(21)22)13(19)17-8-14(20)4-2-1-3-5-14/h6-7,20H,1-5,8,16H2,(H,17,19). The van der Waals surface area contributed by atoms with E-state index in [9.17, 15) is 24.4 Å². The molecule has 1 amide bonds. The first-order chi connectivity index (χ1) is 10.3. The fourth-order valence-corrected chi connectivity index (χ4v) is 2.67. The Balaban J connectivity index is 2.14. The minimum atomic E-state index is -0.984. The quantitative estimate of drug-likeness (QED) is 0.444. The second-order valence-corrected chi connectivity index (χ2v) is 5.61. The first-order valence-electron chi connectivity index (χ1n) is 7.06. The zero-order valence-electron chi connectivity index (χ0n) is 12.0. The number of nitrogen functional groups attached to an aromatic ring is 1. The molecule has 0 saturated heterocycles. The van der Waals surface area contributed by atoms with E-state index in [2.05, 4.69) is 5.32 Å². The van der Waals surface area contributed by atoms with E-state index in [1.165, 1.54) is 0 Å². The van der Waals surface area contributed by atoms with E-state index < -0.39 is 27.9 Å². The number of nitrogens with zero attached hydrogens (tertiary/aromatic N) is 1. The molecule has 0 bridgehead atoms. The minimum absolute atomic E-state index is 0.00951. The van der Waals surface area contributed by atoms with Gasteiger partial charge in [-0.1, -0.05) is 19.3 Å². The average Bonchev–Trinajstić information content (AvgIpc) is 2.47. The van der Waals surface area contributed by atoms with Crippen LogP contribution < -0.4 is 11.1 Å². The fourth-order valence-electron chi connectivity index (χ4n) is 2.67. The molecule has 0 spiro atoms. The van der Waals surface area contributed by atoms with Gasteiger partial charge in [0.25, 0.3) is 11.6 Å². The molecule has 0 radical (unpaired) electrons. The van der Waals surface area contributed by atoms with Gasteiger partial charge in [-0.3, -0.25) is 14.9 Å². The molecule has 120 valence electrons. The number of carbonyl (C=O) groups excluding carboxylic acids is 1. The van der Waals surface area contributed by atoms with E-state index >= 15 is 0 Å². The van der Waals surface area contributed by atoms with Gasteiger partial charge in [0.05, 0.1) is 22.2 Å². The lowest BCUT2D eigenvalue weighted by Crippen LogP contribution is -2.44. The van der Waals surface area contributed by atoms with Crippen LogP contribution in [0.5, 0.6) is 0 Å². The number of benzene rings is 1. The Bertz CT molecular complexity index is 600. The second kappa shape index (κ2) is 6.27. The van der Waals surface area contributed by atoms with Gasteiger partial charge in [0.2, 0.25) is 0 Å². The summed E-state index contributed by atoms with van der Waals surface area (Å²) in [5, 5.41) is 23.6. The summed E-state index contributed by atoms with van der Waals surface area (Å²) in [7, 11) is 0. The van der Waals surface area contributed by atoms with Gasteiger partial charge in [-0.2, -0.15) is 0 Å². The summed E-state index contributed by atoms with van der Waals surface area (Å²) in [6.45, 7) is 0.00951. The number of nitrogens with one attached hydrogen (secondary N) is 1. The SMILES string of the molecule is Nc1c(C(=O)NCC2(O)CCCCC2)cc(F)cc1[N+](=O)[O-]. The third kappa shape index (κ3) is 3.51.